The Hall–Kier alpha value is -1.28. The molecule has 158 valence electrons. The Morgan fingerprint density at radius 3 is 2.79 bits per heavy atom. The summed E-state index contributed by atoms with van der Waals surface area (Å²) in [5.74, 6) is 2.20. The number of aromatic nitrogens is 2. The molecule has 3 aliphatic rings. The molecule has 6 nitrogen and oxygen atoms in total. The van der Waals surface area contributed by atoms with Crippen LogP contribution in [0.25, 0.3) is 10.2 Å². The maximum Gasteiger partial charge on any atom is 0.146 e. The van der Waals surface area contributed by atoms with E-state index in [4.69, 9.17) is 14.7 Å². The molecule has 0 amide bonds. The molecular formula is C22H33N5OS. The Morgan fingerprint density at radius 2 is 1.97 bits per heavy atom. The molecule has 4 heterocycles. The van der Waals surface area contributed by atoms with E-state index in [2.05, 4.69) is 28.7 Å². The van der Waals surface area contributed by atoms with Crippen molar-refractivity contribution < 1.29 is 4.74 Å². The Kier molecular flexibility index (Phi) is 5.74. The van der Waals surface area contributed by atoms with E-state index in [1.807, 2.05) is 11.3 Å². The predicted octanol–water partition coefficient (Wildman–Crippen LogP) is 2.93. The Labute approximate surface area is 177 Å². The maximum atomic E-state index is 5.52. The molecular weight excluding hydrogens is 382 g/mol. The van der Waals surface area contributed by atoms with Gasteiger partial charge < -0.3 is 14.5 Å². The second-order valence-electron chi connectivity index (χ2n) is 8.70. The van der Waals surface area contributed by atoms with Gasteiger partial charge in [-0.3, -0.25) is 4.90 Å². The lowest BCUT2D eigenvalue weighted by Gasteiger charge is -2.27. The van der Waals surface area contributed by atoms with Gasteiger partial charge >= 0.3 is 0 Å². The number of likely N-dealkylation sites (N-methyl/N-ethyl adjacent to an activating group) is 1. The van der Waals surface area contributed by atoms with Crippen LogP contribution < -0.4 is 4.90 Å². The minimum absolute atomic E-state index is 0.627. The van der Waals surface area contributed by atoms with Crippen molar-refractivity contribution in [1.29, 1.82) is 0 Å². The van der Waals surface area contributed by atoms with Crippen molar-refractivity contribution in [1.82, 2.24) is 19.8 Å². The quantitative estimate of drug-likeness (QED) is 0.748. The van der Waals surface area contributed by atoms with Gasteiger partial charge in [-0.05, 0) is 51.3 Å². The van der Waals surface area contributed by atoms with E-state index in [1.165, 1.54) is 48.1 Å². The van der Waals surface area contributed by atoms with Gasteiger partial charge in [0.05, 0.1) is 25.1 Å². The first kappa shape index (κ1) is 19.7. The number of thiophene rings is 1. The summed E-state index contributed by atoms with van der Waals surface area (Å²) in [7, 11) is 2.25. The fourth-order valence-corrected chi connectivity index (χ4v) is 6.27. The molecule has 1 unspecified atom stereocenters. The number of anilines is 1. The summed E-state index contributed by atoms with van der Waals surface area (Å²) in [6.45, 7) is 9.96. The lowest BCUT2D eigenvalue weighted by molar-refractivity contribution is 0.0331. The van der Waals surface area contributed by atoms with Crippen LogP contribution in [0.4, 0.5) is 5.82 Å². The normalized spacial score (nSPS) is 23.3. The van der Waals surface area contributed by atoms with Crippen molar-refractivity contribution in [3.05, 3.63) is 16.3 Å². The fraction of sp³-hybridized carbons (Fsp3) is 0.727. The zero-order chi connectivity index (χ0) is 19.8. The Balaban J connectivity index is 1.51. The van der Waals surface area contributed by atoms with Gasteiger partial charge in [0.25, 0.3) is 0 Å². The van der Waals surface area contributed by atoms with Crippen LogP contribution in [0.15, 0.2) is 0 Å². The van der Waals surface area contributed by atoms with Crippen LogP contribution in [0, 0.1) is 0 Å². The monoisotopic (exact) mass is 415 g/mol. The molecule has 0 saturated carbocycles. The smallest absolute Gasteiger partial charge is 0.146 e. The van der Waals surface area contributed by atoms with Crippen LogP contribution in [-0.4, -0.2) is 78.8 Å². The van der Waals surface area contributed by atoms with E-state index in [0.29, 0.717) is 6.04 Å². The third kappa shape index (κ3) is 3.90. The van der Waals surface area contributed by atoms with E-state index in [9.17, 15) is 0 Å². The average molecular weight is 416 g/mol. The molecule has 2 aromatic heterocycles. The highest BCUT2D eigenvalue weighted by atomic mass is 32.1. The molecule has 2 saturated heterocycles. The first-order chi connectivity index (χ1) is 14.2. The second kappa shape index (κ2) is 8.46. The van der Waals surface area contributed by atoms with Crippen molar-refractivity contribution in [2.45, 2.75) is 51.6 Å². The topological polar surface area (TPSA) is 44.7 Å². The van der Waals surface area contributed by atoms with Crippen LogP contribution in [0.3, 0.4) is 0 Å². The molecule has 0 spiro atoms. The van der Waals surface area contributed by atoms with Gasteiger partial charge in [-0.1, -0.05) is 6.92 Å². The Bertz CT molecular complexity index is 862. The van der Waals surface area contributed by atoms with Gasteiger partial charge in [0, 0.05) is 37.1 Å². The van der Waals surface area contributed by atoms with Crippen molar-refractivity contribution in [3.8, 4) is 0 Å². The highest BCUT2D eigenvalue weighted by molar-refractivity contribution is 7.19. The molecule has 0 aromatic carbocycles. The van der Waals surface area contributed by atoms with Crippen LogP contribution in [-0.2, 0) is 24.1 Å². The number of fused-ring (bicyclic) bond motifs is 3. The van der Waals surface area contributed by atoms with E-state index < -0.39 is 0 Å². The first-order valence-corrected chi connectivity index (χ1v) is 12.1. The summed E-state index contributed by atoms with van der Waals surface area (Å²) in [5.41, 5.74) is 1.55. The van der Waals surface area contributed by atoms with Gasteiger partial charge in [0.1, 0.15) is 16.5 Å². The highest BCUT2D eigenvalue weighted by Crippen LogP contribution is 2.40. The van der Waals surface area contributed by atoms with Gasteiger partial charge in [-0.15, -0.1) is 11.3 Å². The molecule has 2 aliphatic heterocycles. The minimum atomic E-state index is 0.627. The van der Waals surface area contributed by atoms with Crippen molar-refractivity contribution in [2.24, 2.45) is 0 Å². The number of nitrogens with zero attached hydrogens (tertiary/aromatic N) is 5. The third-order valence-corrected chi connectivity index (χ3v) is 8.08. The average Bonchev–Trinajstić information content (AvgIpc) is 3.38. The van der Waals surface area contributed by atoms with Gasteiger partial charge in [-0.25, -0.2) is 9.97 Å². The number of morpholine rings is 1. The number of rotatable bonds is 5. The summed E-state index contributed by atoms with van der Waals surface area (Å²) in [6.07, 6.45) is 6.25. The largest absolute Gasteiger partial charge is 0.379 e. The molecule has 0 bridgehead atoms. The summed E-state index contributed by atoms with van der Waals surface area (Å²) >= 11 is 1.93. The van der Waals surface area contributed by atoms with Gasteiger partial charge in [0.15, 0.2) is 0 Å². The number of hydrogen-bond donors (Lipinski definition) is 0. The first-order valence-electron chi connectivity index (χ1n) is 11.3. The summed E-state index contributed by atoms with van der Waals surface area (Å²) < 4.78 is 5.52. The second-order valence-corrected chi connectivity index (χ2v) is 9.79. The SMILES string of the molecule is CCN(C)C1CCN(c2nc(CN3CCOCC3)nc3sc4c(c23)CCCC4)C1. The van der Waals surface area contributed by atoms with E-state index in [0.717, 1.165) is 58.3 Å². The van der Waals surface area contributed by atoms with E-state index >= 15 is 0 Å². The third-order valence-electron chi connectivity index (χ3n) is 6.90. The summed E-state index contributed by atoms with van der Waals surface area (Å²) in [4.78, 5) is 20.5. The molecule has 7 heteroatoms. The molecule has 5 rings (SSSR count). The maximum absolute atomic E-state index is 5.52. The van der Waals surface area contributed by atoms with Crippen LogP contribution in [0.2, 0.25) is 0 Å². The van der Waals surface area contributed by atoms with Gasteiger partial charge in [-0.2, -0.15) is 0 Å². The summed E-state index contributed by atoms with van der Waals surface area (Å²) in [5, 5.41) is 1.37. The minimum Gasteiger partial charge on any atom is -0.379 e. The number of ether oxygens (including phenoxy) is 1. The predicted molar refractivity (Wildman–Crippen MR) is 119 cm³/mol. The molecule has 1 atom stereocenters. The molecule has 2 fully saturated rings. The van der Waals surface area contributed by atoms with Crippen molar-refractivity contribution in [3.63, 3.8) is 0 Å². The molecule has 0 N–H and O–H groups in total. The van der Waals surface area contributed by atoms with E-state index in [-0.39, 0.29) is 0 Å². The lowest BCUT2D eigenvalue weighted by Crippen LogP contribution is -2.36. The summed E-state index contributed by atoms with van der Waals surface area (Å²) in [6, 6.07) is 0.627. The van der Waals surface area contributed by atoms with Crippen molar-refractivity contribution in [2.75, 3.05) is 57.9 Å². The molecule has 1 aliphatic carbocycles. The standard InChI is InChI=1S/C22H33N5OS/c1-3-25(2)16-8-9-27(14-16)21-20-17-6-4-5-7-18(17)29-22(20)24-19(23-21)15-26-10-12-28-13-11-26/h16H,3-15H2,1-2H3. The zero-order valence-corrected chi connectivity index (χ0v) is 18.6. The highest BCUT2D eigenvalue weighted by Gasteiger charge is 2.30. The van der Waals surface area contributed by atoms with Crippen molar-refractivity contribution >= 4 is 27.4 Å². The fourth-order valence-electron chi connectivity index (χ4n) is 4.99. The Morgan fingerprint density at radius 1 is 1.14 bits per heavy atom. The number of hydrogen-bond acceptors (Lipinski definition) is 7. The number of aryl methyl sites for hydroxylation is 2. The molecule has 2 aromatic rings. The molecule has 29 heavy (non-hydrogen) atoms. The van der Waals surface area contributed by atoms with Crippen LogP contribution in [0.5, 0.6) is 0 Å². The van der Waals surface area contributed by atoms with Crippen LogP contribution in [0.1, 0.15) is 42.5 Å². The van der Waals surface area contributed by atoms with E-state index in [1.54, 1.807) is 10.4 Å². The molecule has 0 radical (unpaired) electrons. The van der Waals surface area contributed by atoms with Gasteiger partial charge in [0.2, 0.25) is 0 Å². The zero-order valence-electron chi connectivity index (χ0n) is 17.8. The van der Waals surface area contributed by atoms with Crippen LogP contribution >= 0.6 is 11.3 Å². The lowest BCUT2D eigenvalue weighted by atomic mass is 9.97.